The van der Waals surface area contributed by atoms with Crippen molar-refractivity contribution in [3.05, 3.63) is 48.2 Å². The molecular formula is C19H22N6O2. The molecule has 140 valence electrons. The molecular weight excluding hydrogens is 344 g/mol. The first-order valence-corrected chi connectivity index (χ1v) is 8.81. The molecule has 1 aliphatic heterocycles. The molecule has 0 radical (unpaired) electrons. The number of morpholine rings is 1. The summed E-state index contributed by atoms with van der Waals surface area (Å²) in [7, 11) is 0. The van der Waals surface area contributed by atoms with E-state index in [0.29, 0.717) is 22.5 Å². The molecule has 2 aromatic carbocycles. The lowest BCUT2D eigenvalue weighted by Crippen LogP contribution is -2.36. The van der Waals surface area contributed by atoms with Gasteiger partial charge in [0, 0.05) is 30.2 Å². The minimum Gasteiger partial charge on any atom is -0.399 e. The van der Waals surface area contributed by atoms with E-state index in [2.05, 4.69) is 20.2 Å². The summed E-state index contributed by atoms with van der Waals surface area (Å²) in [5, 5.41) is 13.1. The summed E-state index contributed by atoms with van der Waals surface area (Å²) in [5.74, 6) is 0.418. The molecule has 1 saturated heterocycles. The molecule has 0 spiro atoms. The Kier molecular flexibility index (Phi) is 4.76. The molecule has 4 rings (SSSR count). The van der Waals surface area contributed by atoms with Gasteiger partial charge in [0.2, 0.25) is 0 Å². The fourth-order valence-electron chi connectivity index (χ4n) is 3.10. The van der Waals surface area contributed by atoms with Crippen LogP contribution in [0.25, 0.3) is 11.0 Å². The van der Waals surface area contributed by atoms with Crippen LogP contribution in [0.15, 0.2) is 42.5 Å². The summed E-state index contributed by atoms with van der Waals surface area (Å²) in [6, 6.07) is 13.3. The van der Waals surface area contributed by atoms with Crippen LogP contribution in [0.1, 0.15) is 11.9 Å². The summed E-state index contributed by atoms with van der Waals surface area (Å²) >= 11 is 0. The maximum atomic E-state index is 9.91. The first-order valence-electron chi connectivity index (χ1n) is 8.81. The highest BCUT2D eigenvalue weighted by Gasteiger charge is 2.15. The van der Waals surface area contributed by atoms with Crippen LogP contribution in [-0.4, -0.2) is 41.4 Å². The number of ether oxygens (including phenoxy) is 1. The summed E-state index contributed by atoms with van der Waals surface area (Å²) in [6.45, 7) is 3.26. The van der Waals surface area contributed by atoms with Crippen LogP contribution in [0.4, 0.5) is 22.9 Å². The Balaban J connectivity index is 1.62. The monoisotopic (exact) mass is 366 g/mol. The third kappa shape index (κ3) is 3.77. The van der Waals surface area contributed by atoms with Crippen LogP contribution in [0.5, 0.6) is 0 Å². The molecule has 8 nitrogen and oxygen atoms in total. The van der Waals surface area contributed by atoms with Crippen molar-refractivity contribution in [2.45, 2.75) is 6.23 Å². The molecule has 2 heterocycles. The lowest BCUT2D eigenvalue weighted by Gasteiger charge is -2.29. The normalized spacial score (nSPS) is 15.7. The third-order valence-corrected chi connectivity index (χ3v) is 4.50. The minimum absolute atomic E-state index is 0.269. The van der Waals surface area contributed by atoms with E-state index in [0.717, 1.165) is 37.7 Å². The van der Waals surface area contributed by atoms with E-state index in [-0.39, 0.29) is 5.69 Å². The number of fused-ring (bicyclic) bond motifs is 1. The van der Waals surface area contributed by atoms with Gasteiger partial charge in [-0.2, -0.15) is 0 Å². The van der Waals surface area contributed by atoms with Crippen molar-refractivity contribution in [2.24, 2.45) is 5.73 Å². The number of aromatic nitrogens is 2. The maximum Gasteiger partial charge on any atom is 0.157 e. The average molecular weight is 366 g/mol. The Morgan fingerprint density at radius 1 is 1.04 bits per heavy atom. The fraction of sp³-hybridized carbons (Fsp3) is 0.263. The zero-order valence-electron chi connectivity index (χ0n) is 14.8. The molecule has 1 atom stereocenters. The van der Waals surface area contributed by atoms with E-state index in [4.69, 9.17) is 16.2 Å². The minimum atomic E-state index is -1.25. The number of nitrogens with two attached hydrogens (primary N) is 2. The standard InChI is InChI=1S/C19H22N6O2/c20-12-1-6-15-16(11-12)23-17(18(21)26)19(24-15)22-13-2-4-14(5-3-13)25-7-9-27-10-8-25/h1-6,11,18,26H,7-10,20-21H2,(H,22,24). The molecule has 6 N–H and O–H groups in total. The Morgan fingerprint density at radius 3 is 2.48 bits per heavy atom. The summed E-state index contributed by atoms with van der Waals surface area (Å²) in [6.07, 6.45) is -1.25. The highest BCUT2D eigenvalue weighted by molar-refractivity contribution is 5.80. The summed E-state index contributed by atoms with van der Waals surface area (Å²) in [4.78, 5) is 11.2. The van der Waals surface area contributed by atoms with Crippen molar-refractivity contribution in [1.29, 1.82) is 0 Å². The van der Waals surface area contributed by atoms with Gasteiger partial charge in [0.25, 0.3) is 0 Å². The molecule has 0 saturated carbocycles. The molecule has 1 fully saturated rings. The maximum absolute atomic E-state index is 9.91. The number of hydrogen-bond acceptors (Lipinski definition) is 8. The van der Waals surface area contributed by atoms with Crippen LogP contribution in [0.3, 0.4) is 0 Å². The van der Waals surface area contributed by atoms with E-state index in [1.807, 2.05) is 24.3 Å². The van der Waals surface area contributed by atoms with E-state index in [9.17, 15) is 5.11 Å². The van der Waals surface area contributed by atoms with Gasteiger partial charge < -0.3 is 31.5 Å². The van der Waals surface area contributed by atoms with Crippen molar-refractivity contribution in [2.75, 3.05) is 42.3 Å². The number of aliphatic hydroxyl groups excluding tert-OH is 1. The quantitative estimate of drug-likeness (QED) is 0.407. The van der Waals surface area contributed by atoms with Crippen LogP contribution >= 0.6 is 0 Å². The molecule has 3 aromatic rings. The lowest BCUT2D eigenvalue weighted by molar-refractivity contribution is 0.122. The highest BCUT2D eigenvalue weighted by atomic mass is 16.5. The van der Waals surface area contributed by atoms with Gasteiger partial charge in [-0.25, -0.2) is 9.97 Å². The molecule has 8 heteroatoms. The SMILES string of the molecule is Nc1ccc2nc(Nc3ccc(N4CCOCC4)cc3)c(C(N)O)nc2c1. The van der Waals surface area contributed by atoms with Crippen molar-refractivity contribution >= 4 is 33.9 Å². The van der Waals surface area contributed by atoms with Crippen LogP contribution in [0, 0.1) is 0 Å². The van der Waals surface area contributed by atoms with Gasteiger partial charge in [0.05, 0.1) is 24.2 Å². The largest absolute Gasteiger partial charge is 0.399 e. The molecule has 0 amide bonds. The molecule has 1 aliphatic rings. The highest BCUT2D eigenvalue weighted by Crippen LogP contribution is 2.26. The third-order valence-electron chi connectivity index (χ3n) is 4.50. The molecule has 1 unspecified atom stereocenters. The number of anilines is 4. The van der Waals surface area contributed by atoms with Gasteiger partial charge in [-0.1, -0.05) is 0 Å². The van der Waals surface area contributed by atoms with E-state index >= 15 is 0 Å². The van der Waals surface area contributed by atoms with Crippen molar-refractivity contribution < 1.29 is 9.84 Å². The van der Waals surface area contributed by atoms with Crippen LogP contribution in [0.2, 0.25) is 0 Å². The predicted molar refractivity (Wildman–Crippen MR) is 106 cm³/mol. The van der Waals surface area contributed by atoms with E-state index < -0.39 is 6.23 Å². The smallest absolute Gasteiger partial charge is 0.157 e. The van der Waals surface area contributed by atoms with Gasteiger partial charge >= 0.3 is 0 Å². The summed E-state index contributed by atoms with van der Waals surface area (Å²) in [5.41, 5.74) is 15.6. The second kappa shape index (κ2) is 7.36. The van der Waals surface area contributed by atoms with Crippen molar-refractivity contribution in [3.8, 4) is 0 Å². The van der Waals surface area contributed by atoms with E-state index in [1.54, 1.807) is 18.2 Å². The first kappa shape index (κ1) is 17.5. The Hall–Kier alpha value is -2.94. The second-order valence-corrected chi connectivity index (χ2v) is 6.42. The molecule has 1 aromatic heterocycles. The van der Waals surface area contributed by atoms with Gasteiger partial charge in [-0.05, 0) is 42.5 Å². The predicted octanol–water partition coefficient (Wildman–Crippen LogP) is 1.74. The van der Waals surface area contributed by atoms with Gasteiger partial charge in [0.15, 0.2) is 5.82 Å². The second-order valence-electron chi connectivity index (χ2n) is 6.42. The number of benzene rings is 2. The van der Waals surface area contributed by atoms with Crippen molar-refractivity contribution in [3.63, 3.8) is 0 Å². The van der Waals surface area contributed by atoms with Gasteiger partial charge in [0.1, 0.15) is 11.9 Å². The number of nitrogens with one attached hydrogen (secondary N) is 1. The zero-order chi connectivity index (χ0) is 18.8. The fourth-order valence-corrected chi connectivity index (χ4v) is 3.10. The first-order chi connectivity index (χ1) is 13.1. The average Bonchev–Trinajstić information content (AvgIpc) is 2.69. The van der Waals surface area contributed by atoms with Gasteiger partial charge in [-0.3, -0.25) is 0 Å². The van der Waals surface area contributed by atoms with E-state index in [1.165, 1.54) is 0 Å². The number of aliphatic hydroxyl groups is 1. The van der Waals surface area contributed by atoms with Crippen molar-refractivity contribution in [1.82, 2.24) is 9.97 Å². The number of nitrogens with zero attached hydrogens (tertiary/aromatic N) is 3. The molecule has 0 bridgehead atoms. The topological polar surface area (TPSA) is 123 Å². The van der Waals surface area contributed by atoms with Gasteiger partial charge in [-0.15, -0.1) is 0 Å². The Bertz CT molecular complexity index is 939. The van der Waals surface area contributed by atoms with Crippen LogP contribution < -0.4 is 21.7 Å². The molecule has 27 heavy (non-hydrogen) atoms. The number of hydrogen-bond donors (Lipinski definition) is 4. The zero-order valence-corrected chi connectivity index (χ0v) is 14.8. The van der Waals surface area contributed by atoms with Crippen LogP contribution in [-0.2, 0) is 4.74 Å². The number of rotatable bonds is 4. The Morgan fingerprint density at radius 2 is 1.78 bits per heavy atom. The number of nitrogen functional groups attached to an aromatic ring is 1. The summed E-state index contributed by atoms with van der Waals surface area (Å²) < 4.78 is 5.39. The lowest BCUT2D eigenvalue weighted by atomic mass is 10.2. The Labute approximate surface area is 156 Å². The molecule has 0 aliphatic carbocycles.